The molecule has 164 valence electrons. The van der Waals surface area contributed by atoms with Crippen LogP contribution in [0.5, 0.6) is 0 Å². The van der Waals surface area contributed by atoms with Gasteiger partial charge in [0, 0.05) is 25.5 Å². The predicted molar refractivity (Wildman–Crippen MR) is 115 cm³/mol. The Morgan fingerprint density at radius 3 is 2.45 bits per heavy atom. The Morgan fingerprint density at radius 2 is 1.81 bits per heavy atom. The third-order valence-electron chi connectivity index (χ3n) is 6.17. The summed E-state index contributed by atoms with van der Waals surface area (Å²) in [6.07, 6.45) is 1.68. The smallest absolute Gasteiger partial charge is 0.238 e. The minimum absolute atomic E-state index is 0.0250. The van der Waals surface area contributed by atoms with E-state index in [2.05, 4.69) is 10.3 Å². The average molecular weight is 429 g/mol. The second kappa shape index (κ2) is 8.38. The van der Waals surface area contributed by atoms with Gasteiger partial charge in [-0.25, -0.2) is 13.2 Å². The SMILES string of the molecule is C[C@@H](NCC1CC(c2c(-c3ccc(F)cc3)[nH]c3c(F)cc(F)cc23)C1)C(=O)N(C)C. The molecule has 0 spiro atoms. The lowest BCUT2D eigenvalue weighted by atomic mass is 9.70. The number of fused-ring (bicyclic) bond motifs is 1. The third kappa shape index (κ3) is 4.19. The summed E-state index contributed by atoms with van der Waals surface area (Å²) in [5.41, 5.74) is 2.57. The maximum Gasteiger partial charge on any atom is 0.238 e. The number of hydrogen-bond donors (Lipinski definition) is 2. The van der Waals surface area contributed by atoms with Crippen LogP contribution in [-0.4, -0.2) is 42.5 Å². The maximum atomic E-state index is 14.5. The van der Waals surface area contributed by atoms with Crippen molar-refractivity contribution in [2.24, 2.45) is 5.92 Å². The van der Waals surface area contributed by atoms with Crippen LogP contribution in [0.4, 0.5) is 13.2 Å². The van der Waals surface area contributed by atoms with Crippen molar-refractivity contribution in [3.05, 3.63) is 59.4 Å². The van der Waals surface area contributed by atoms with Gasteiger partial charge in [-0.2, -0.15) is 0 Å². The minimum Gasteiger partial charge on any atom is -0.352 e. The maximum absolute atomic E-state index is 14.5. The fourth-order valence-electron chi connectivity index (χ4n) is 4.46. The Morgan fingerprint density at radius 1 is 1.13 bits per heavy atom. The van der Waals surface area contributed by atoms with Crippen LogP contribution in [0, 0.1) is 23.4 Å². The van der Waals surface area contributed by atoms with Crippen molar-refractivity contribution in [3.8, 4) is 11.3 Å². The van der Waals surface area contributed by atoms with Crippen molar-refractivity contribution < 1.29 is 18.0 Å². The van der Waals surface area contributed by atoms with Crippen molar-refractivity contribution in [2.75, 3.05) is 20.6 Å². The number of H-pyrrole nitrogens is 1. The first-order chi connectivity index (χ1) is 14.7. The molecule has 1 amide bonds. The number of nitrogens with one attached hydrogen (secondary N) is 2. The van der Waals surface area contributed by atoms with Gasteiger partial charge in [0.2, 0.25) is 5.91 Å². The van der Waals surface area contributed by atoms with Crippen LogP contribution in [0.2, 0.25) is 0 Å². The number of aromatic amines is 1. The summed E-state index contributed by atoms with van der Waals surface area (Å²) in [5, 5.41) is 3.81. The molecule has 0 saturated heterocycles. The number of rotatable bonds is 6. The van der Waals surface area contributed by atoms with E-state index in [1.165, 1.54) is 18.2 Å². The third-order valence-corrected chi connectivity index (χ3v) is 6.17. The van der Waals surface area contributed by atoms with E-state index in [0.29, 0.717) is 23.5 Å². The molecule has 1 aliphatic rings. The zero-order valence-corrected chi connectivity index (χ0v) is 17.8. The molecule has 0 radical (unpaired) electrons. The van der Waals surface area contributed by atoms with E-state index >= 15 is 0 Å². The van der Waals surface area contributed by atoms with Crippen LogP contribution in [0.3, 0.4) is 0 Å². The largest absolute Gasteiger partial charge is 0.352 e. The summed E-state index contributed by atoms with van der Waals surface area (Å²) in [4.78, 5) is 16.7. The van der Waals surface area contributed by atoms with E-state index in [0.717, 1.165) is 30.0 Å². The summed E-state index contributed by atoms with van der Waals surface area (Å²) >= 11 is 0. The summed E-state index contributed by atoms with van der Waals surface area (Å²) in [6.45, 7) is 2.55. The molecule has 0 unspecified atom stereocenters. The fourth-order valence-corrected chi connectivity index (χ4v) is 4.46. The van der Waals surface area contributed by atoms with Crippen LogP contribution in [0.15, 0.2) is 36.4 Å². The van der Waals surface area contributed by atoms with E-state index < -0.39 is 11.6 Å². The Balaban J connectivity index is 1.58. The van der Waals surface area contributed by atoms with Crippen LogP contribution >= 0.6 is 0 Å². The Kier molecular flexibility index (Phi) is 5.79. The molecule has 1 fully saturated rings. The number of hydrogen-bond acceptors (Lipinski definition) is 2. The summed E-state index contributed by atoms with van der Waals surface area (Å²) in [5.74, 6) is -1.09. The zero-order chi connectivity index (χ0) is 22.3. The molecular weight excluding hydrogens is 403 g/mol. The quantitative estimate of drug-likeness (QED) is 0.591. The van der Waals surface area contributed by atoms with Crippen LogP contribution in [0.1, 0.15) is 31.2 Å². The van der Waals surface area contributed by atoms with Crippen molar-refractivity contribution in [3.63, 3.8) is 0 Å². The highest BCUT2D eigenvalue weighted by Crippen LogP contribution is 2.48. The number of likely N-dealkylation sites (N-methyl/N-ethyl adjacent to an activating group) is 1. The van der Waals surface area contributed by atoms with Gasteiger partial charge < -0.3 is 15.2 Å². The molecule has 2 aromatic carbocycles. The highest BCUT2D eigenvalue weighted by atomic mass is 19.1. The van der Waals surface area contributed by atoms with E-state index in [1.807, 2.05) is 6.92 Å². The van der Waals surface area contributed by atoms with Crippen molar-refractivity contribution in [1.29, 1.82) is 0 Å². The molecule has 1 atom stereocenters. The molecule has 2 N–H and O–H groups in total. The number of carbonyl (C=O) groups is 1. The van der Waals surface area contributed by atoms with Gasteiger partial charge in [-0.05, 0) is 79.6 Å². The molecule has 3 aromatic rings. The molecule has 0 bridgehead atoms. The number of nitrogens with zero attached hydrogens (tertiary/aromatic N) is 1. The number of benzene rings is 2. The van der Waals surface area contributed by atoms with Gasteiger partial charge in [0.1, 0.15) is 17.5 Å². The Labute approximate surface area is 179 Å². The van der Waals surface area contributed by atoms with Crippen LogP contribution in [-0.2, 0) is 4.79 Å². The van der Waals surface area contributed by atoms with E-state index in [1.54, 1.807) is 31.1 Å². The lowest BCUT2D eigenvalue weighted by molar-refractivity contribution is -0.130. The minimum atomic E-state index is -0.641. The summed E-state index contributed by atoms with van der Waals surface area (Å²) in [6, 6.07) is 7.97. The first-order valence-electron chi connectivity index (χ1n) is 10.5. The standard InChI is InChI=1S/C24H26F3N3O/c1-13(24(31)30(2)3)28-12-14-8-16(9-14)21-19-10-18(26)11-20(27)23(19)29-22(21)15-4-6-17(25)7-5-15/h4-7,10-11,13-14,16,28-29H,8-9,12H2,1-3H3/t13-,14?,16?/m1/s1. The van der Waals surface area contributed by atoms with Gasteiger partial charge in [-0.15, -0.1) is 0 Å². The highest BCUT2D eigenvalue weighted by Gasteiger charge is 2.35. The van der Waals surface area contributed by atoms with Gasteiger partial charge in [-0.1, -0.05) is 0 Å². The number of halogens is 3. The number of aromatic nitrogens is 1. The second-order valence-electron chi connectivity index (χ2n) is 8.63. The molecule has 4 rings (SSSR count). The molecule has 1 aliphatic carbocycles. The van der Waals surface area contributed by atoms with E-state index in [4.69, 9.17) is 0 Å². The topological polar surface area (TPSA) is 48.1 Å². The van der Waals surface area contributed by atoms with Gasteiger partial charge >= 0.3 is 0 Å². The van der Waals surface area contributed by atoms with Gasteiger partial charge in [-0.3, -0.25) is 4.79 Å². The van der Waals surface area contributed by atoms with E-state index in [9.17, 15) is 18.0 Å². The first-order valence-corrected chi connectivity index (χ1v) is 10.5. The van der Waals surface area contributed by atoms with Crippen molar-refractivity contribution in [1.82, 2.24) is 15.2 Å². The number of amides is 1. The van der Waals surface area contributed by atoms with Gasteiger partial charge in [0.25, 0.3) is 0 Å². The first kappa shape index (κ1) is 21.4. The monoisotopic (exact) mass is 429 g/mol. The number of carbonyl (C=O) groups excluding carboxylic acids is 1. The normalized spacial score (nSPS) is 19.3. The Bertz CT molecular complexity index is 1100. The summed E-state index contributed by atoms with van der Waals surface area (Å²) in [7, 11) is 3.46. The lowest BCUT2D eigenvalue weighted by Crippen LogP contribution is -2.44. The fraction of sp³-hybridized carbons (Fsp3) is 0.375. The molecule has 7 heteroatoms. The zero-order valence-electron chi connectivity index (χ0n) is 17.8. The molecule has 31 heavy (non-hydrogen) atoms. The van der Waals surface area contributed by atoms with Gasteiger partial charge in [0.15, 0.2) is 0 Å². The van der Waals surface area contributed by atoms with E-state index in [-0.39, 0.29) is 29.2 Å². The average Bonchev–Trinajstić information content (AvgIpc) is 3.06. The molecule has 1 saturated carbocycles. The molecular formula is C24H26F3N3O. The Hall–Kier alpha value is -2.80. The van der Waals surface area contributed by atoms with Crippen molar-refractivity contribution >= 4 is 16.8 Å². The predicted octanol–water partition coefficient (Wildman–Crippen LogP) is 4.81. The molecule has 1 aromatic heterocycles. The lowest BCUT2D eigenvalue weighted by Gasteiger charge is -2.37. The molecule has 0 aliphatic heterocycles. The van der Waals surface area contributed by atoms with Crippen LogP contribution in [0.25, 0.3) is 22.2 Å². The second-order valence-corrected chi connectivity index (χ2v) is 8.63. The summed E-state index contributed by atoms with van der Waals surface area (Å²) < 4.78 is 41.9. The van der Waals surface area contributed by atoms with Crippen LogP contribution < -0.4 is 5.32 Å². The van der Waals surface area contributed by atoms with Crippen molar-refractivity contribution in [2.45, 2.75) is 31.7 Å². The highest BCUT2D eigenvalue weighted by molar-refractivity contribution is 5.92. The molecule has 1 heterocycles. The van der Waals surface area contributed by atoms with Gasteiger partial charge in [0.05, 0.1) is 17.3 Å². The molecule has 4 nitrogen and oxygen atoms in total.